The molecule has 0 aliphatic heterocycles. The van der Waals surface area contributed by atoms with Gasteiger partial charge in [0.1, 0.15) is 0 Å². The van der Waals surface area contributed by atoms with Crippen molar-refractivity contribution >= 4 is 41.7 Å². The number of nitrogens with zero attached hydrogens (tertiary/aromatic N) is 1. The summed E-state index contributed by atoms with van der Waals surface area (Å²) in [5.74, 6) is -0.573. The van der Waals surface area contributed by atoms with Gasteiger partial charge in [-0.05, 0) is 24.5 Å². The Morgan fingerprint density at radius 2 is 2.00 bits per heavy atom. The molecule has 0 aromatic heterocycles. The first kappa shape index (κ1) is 23.2. The molecule has 1 aromatic rings. The molecule has 10 heteroatoms. The minimum absolute atomic E-state index is 0. The largest absolute Gasteiger partial charge is 0.366 e. The molecule has 0 saturated carbocycles. The number of thioether (sulfide) groups is 1. The van der Waals surface area contributed by atoms with Gasteiger partial charge in [0.25, 0.3) is 5.69 Å². The predicted molar refractivity (Wildman–Crippen MR) is 100 cm³/mol. The van der Waals surface area contributed by atoms with E-state index in [1.54, 1.807) is 0 Å². The number of nitrogens with one attached hydrogen (secondary N) is 1. The van der Waals surface area contributed by atoms with E-state index >= 15 is 0 Å². The number of carbonyl (C=O) groups excluding carboxylic acids is 2. The lowest BCUT2D eigenvalue weighted by Crippen LogP contribution is -2.41. The highest BCUT2D eigenvalue weighted by atomic mass is 35.5. The summed E-state index contributed by atoms with van der Waals surface area (Å²) in [6.45, 7) is 4.41. The van der Waals surface area contributed by atoms with Gasteiger partial charge in [0.2, 0.25) is 11.8 Å². The molecule has 0 heterocycles. The van der Waals surface area contributed by atoms with E-state index in [1.165, 1.54) is 12.1 Å². The maximum absolute atomic E-state index is 12.0. The van der Waals surface area contributed by atoms with Crippen molar-refractivity contribution in [3.8, 4) is 0 Å². The summed E-state index contributed by atoms with van der Waals surface area (Å²) in [6.07, 6.45) is 0.764. The fraction of sp³-hybridized carbons (Fsp3) is 0.467. The monoisotopic (exact) mass is 390 g/mol. The van der Waals surface area contributed by atoms with Gasteiger partial charge in [0.15, 0.2) is 0 Å². The quantitative estimate of drug-likeness (QED) is 0.333. The Labute approximate surface area is 156 Å². The predicted octanol–water partition coefficient (Wildman–Crippen LogP) is 1.70. The maximum atomic E-state index is 12.0. The summed E-state index contributed by atoms with van der Waals surface area (Å²) in [4.78, 5) is 33.9. The molecular weight excluding hydrogens is 368 g/mol. The van der Waals surface area contributed by atoms with E-state index in [9.17, 15) is 19.7 Å². The normalized spacial score (nSPS) is 11.5. The van der Waals surface area contributed by atoms with Crippen LogP contribution >= 0.6 is 24.2 Å². The third-order valence-electron chi connectivity index (χ3n) is 3.20. The Kier molecular flexibility index (Phi) is 10.1. The molecule has 1 atom stereocenters. The first-order valence-corrected chi connectivity index (χ1v) is 8.43. The summed E-state index contributed by atoms with van der Waals surface area (Å²) in [7, 11) is 0. The van der Waals surface area contributed by atoms with Gasteiger partial charge >= 0.3 is 0 Å². The fourth-order valence-corrected chi connectivity index (χ4v) is 2.95. The molecule has 5 N–H and O–H groups in total. The van der Waals surface area contributed by atoms with Gasteiger partial charge in [0.05, 0.1) is 15.6 Å². The molecular formula is C15H23ClN4O4S. The summed E-state index contributed by atoms with van der Waals surface area (Å²) >= 11 is 1.03. The molecule has 0 fully saturated rings. The number of carbonyl (C=O) groups is 2. The fourth-order valence-electron chi connectivity index (χ4n) is 2.13. The number of hydrogen-bond acceptors (Lipinski definition) is 6. The smallest absolute Gasteiger partial charge is 0.283 e. The summed E-state index contributed by atoms with van der Waals surface area (Å²) in [6, 6.07) is 3.82. The van der Waals surface area contributed by atoms with Gasteiger partial charge in [-0.3, -0.25) is 19.7 Å². The van der Waals surface area contributed by atoms with E-state index in [0.717, 1.165) is 24.2 Å². The zero-order valence-corrected chi connectivity index (χ0v) is 15.7. The SMILES string of the molecule is CC(C)CC(CN)NC(=O)CSc1ccc(C(N)=O)cc1[N+](=O)[O-].Cl. The number of halogens is 1. The van der Waals surface area contributed by atoms with E-state index in [1.807, 2.05) is 13.8 Å². The second kappa shape index (κ2) is 10.9. The van der Waals surface area contributed by atoms with Crippen LogP contribution in [0.1, 0.15) is 30.6 Å². The van der Waals surface area contributed by atoms with Crippen molar-refractivity contribution in [3.05, 3.63) is 33.9 Å². The van der Waals surface area contributed by atoms with Crippen molar-refractivity contribution in [2.24, 2.45) is 17.4 Å². The molecule has 1 unspecified atom stereocenters. The number of nitro benzene ring substituents is 1. The molecule has 1 aromatic carbocycles. The van der Waals surface area contributed by atoms with Crippen molar-refractivity contribution in [2.45, 2.75) is 31.2 Å². The van der Waals surface area contributed by atoms with E-state index in [2.05, 4.69) is 5.32 Å². The van der Waals surface area contributed by atoms with Gasteiger partial charge in [-0.2, -0.15) is 0 Å². The molecule has 2 amide bonds. The van der Waals surface area contributed by atoms with Crippen molar-refractivity contribution in [1.29, 1.82) is 0 Å². The molecule has 140 valence electrons. The highest BCUT2D eigenvalue weighted by Gasteiger charge is 2.19. The van der Waals surface area contributed by atoms with E-state index in [0.29, 0.717) is 17.4 Å². The zero-order chi connectivity index (χ0) is 18.3. The molecule has 0 radical (unpaired) electrons. The minimum atomic E-state index is -0.744. The van der Waals surface area contributed by atoms with E-state index < -0.39 is 10.8 Å². The van der Waals surface area contributed by atoms with Gasteiger partial charge in [-0.1, -0.05) is 13.8 Å². The molecule has 8 nitrogen and oxygen atoms in total. The second-order valence-corrected chi connectivity index (χ2v) is 6.74. The second-order valence-electron chi connectivity index (χ2n) is 5.72. The third-order valence-corrected chi connectivity index (χ3v) is 4.27. The Hall–Kier alpha value is -1.84. The molecule has 0 aliphatic carbocycles. The van der Waals surface area contributed by atoms with Crippen LogP contribution < -0.4 is 16.8 Å². The Morgan fingerprint density at radius 1 is 1.36 bits per heavy atom. The zero-order valence-electron chi connectivity index (χ0n) is 14.1. The van der Waals surface area contributed by atoms with Crippen molar-refractivity contribution in [1.82, 2.24) is 5.32 Å². The van der Waals surface area contributed by atoms with Crippen LogP contribution in [0.15, 0.2) is 23.1 Å². The van der Waals surface area contributed by atoms with Crippen molar-refractivity contribution in [2.75, 3.05) is 12.3 Å². The first-order chi connectivity index (χ1) is 11.2. The average molecular weight is 391 g/mol. The lowest BCUT2D eigenvalue weighted by Gasteiger charge is -2.18. The summed E-state index contributed by atoms with van der Waals surface area (Å²) in [5.41, 5.74) is 10.6. The Bertz CT molecular complexity index is 628. The summed E-state index contributed by atoms with van der Waals surface area (Å²) < 4.78 is 0. The van der Waals surface area contributed by atoms with Crippen LogP contribution in [-0.4, -0.2) is 35.1 Å². The van der Waals surface area contributed by atoms with Gasteiger partial charge < -0.3 is 16.8 Å². The van der Waals surface area contributed by atoms with Crippen LogP contribution in [0.3, 0.4) is 0 Å². The number of hydrogen-bond donors (Lipinski definition) is 3. The van der Waals surface area contributed by atoms with Crippen LogP contribution in [0.25, 0.3) is 0 Å². The van der Waals surface area contributed by atoms with Crippen molar-refractivity contribution in [3.63, 3.8) is 0 Å². The molecule has 0 spiro atoms. The number of rotatable bonds is 9. The van der Waals surface area contributed by atoms with Crippen molar-refractivity contribution < 1.29 is 14.5 Å². The minimum Gasteiger partial charge on any atom is -0.366 e. The number of amides is 2. The number of benzene rings is 1. The van der Waals surface area contributed by atoms with Crippen LogP contribution in [0, 0.1) is 16.0 Å². The molecule has 0 aliphatic rings. The van der Waals surface area contributed by atoms with Gasteiger partial charge in [-0.15, -0.1) is 24.2 Å². The lowest BCUT2D eigenvalue weighted by atomic mass is 10.0. The number of nitro groups is 1. The topological polar surface area (TPSA) is 141 Å². The highest BCUT2D eigenvalue weighted by molar-refractivity contribution is 8.00. The molecule has 0 saturated heterocycles. The average Bonchev–Trinajstić information content (AvgIpc) is 2.51. The number of primary amides is 1. The Balaban J connectivity index is 0.00000576. The van der Waals surface area contributed by atoms with Gasteiger partial charge in [-0.25, -0.2) is 0 Å². The van der Waals surface area contributed by atoms with Crippen LogP contribution in [0.2, 0.25) is 0 Å². The lowest BCUT2D eigenvalue weighted by molar-refractivity contribution is -0.387. The van der Waals surface area contributed by atoms with E-state index in [-0.39, 0.29) is 41.4 Å². The summed E-state index contributed by atoms with van der Waals surface area (Å²) in [5, 5.41) is 13.9. The third kappa shape index (κ3) is 7.72. The van der Waals surface area contributed by atoms with E-state index in [4.69, 9.17) is 11.5 Å². The standard InChI is InChI=1S/C15H22N4O4S.ClH/c1-9(2)5-11(7-16)18-14(20)8-24-13-4-3-10(15(17)21)6-12(13)19(22)23;/h3-4,6,9,11H,5,7-8,16H2,1-2H3,(H2,17,21)(H,18,20);1H. The molecule has 25 heavy (non-hydrogen) atoms. The molecule has 1 rings (SSSR count). The Morgan fingerprint density at radius 3 is 2.48 bits per heavy atom. The highest BCUT2D eigenvalue weighted by Crippen LogP contribution is 2.30. The van der Waals surface area contributed by atoms with Crippen LogP contribution in [-0.2, 0) is 4.79 Å². The van der Waals surface area contributed by atoms with Crippen LogP contribution in [0.4, 0.5) is 5.69 Å². The van der Waals surface area contributed by atoms with Gasteiger partial charge in [0, 0.05) is 24.2 Å². The maximum Gasteiger partial charge on any atom is 0.283 e. The first-order valence-electron chi connectivity index (χ1n) is 7.45. The molecule has 0 bridgehead atoms. The van der Waals surface area contributed by atoms with Crippen LogP contribution in [0.5, 0.6) is 0 Å². The number of nitrogens with two attached hydrogens (primary N) is 2.